The fraction of sp³-hybridized carbons (Fsp3) is 0.611. The Morgan fingerprint density at radius 2 is 1.91 bits per heavy atom. The Kier molecular flexibility index (Phi) is 4.98. The van der Waals surface area contributed by atoms with Crippen LogP contribution in [0.25, 0.3) is 0 Å². The number of piperidine rings is 1. The Bertz CT molecular complexity index is 488. The van der Waals surface area contributed by atoms with Gasteiger partial charge in [-0.2, -0.15) is 0 Å². The van der Waals surface area contributed by atoms with Crippen LogP contribution in [0.4, 0.5) is 0 Å². The molecule has 2 aliphatic heterocycles. The summed E-state index contributed by atoms with van der Waals surface area (Å²) >= 11 is 0. The fourth-order valence-electron chi connectivity index (χ4n) is 3.81. The van der Waals surface area contributed by atoms with Crippen LogP contribution in [-0.4, -0.2) is 31.6 Å². The van der Waals surface area contributed by atoms with E-state index >= 15 is 0 Å². The van der Waals surface area contributed by atoms with Gasteiger partial charge in [-0.15, -0.1) is 0 Å². The molecule has 2 unspecified atom stereocenters. The first-order chi connectivity index (χ1) is 10.7. The van der Waals surface area contributed by atoms with Gasteiger partial charge in [-0.1, -0.05) is 12.1 Å². The molecule has 1 aromatic rings. The molecule has 0 aromatic heterocycles. The highest BCUT2D eigenvalue weighted by atomic mass is 16.5. The molecular formula is C18H26N2O2. The van der Waals surface area contributed by atoms with Crippen molar-refractivity contribution in [1.29, 1.82) is 0 Å². The Balaban J connectivity index is 1.37. The lowest BCUT2D eigenvalue weighted by atomic mass is 9.89. The molecule has 4 heteroatoms. The van der Waals surface area contributed by atoms with Gasteiger partial charge >= 0.3 is 0 Å². The van der Waals surface area contributed by atoms with E-state index in [1.165, 1.54) is 31.2 Å². The number of methoxy groups -OCH3 is 1. The molecule has 0 aliphatic carbocycles. The minimum Gasteiger partial charge on any atom is -0.497 e. The number of carbonyl (C=O) groups is 1. The van der Waals surface area contributed by atoms with Crippen molar-refractivity contribution in [1.82, 2.24) is 10.6 Å². The lowest BCUT2D eigenvalue weighted by molar-refractivity contribution is -0.122. The third-order valence-electron chi connectivity index (χ3n) is 4.94. The Morgan fingerprint density at radius 3 is 2.55 bits per heavy atom. The zero-order valence-electron chi connectivity index (χ0n) is 13.3. The highest BCUT2D eigenvalue weighted by Crippen LogP contribution is 2.32. The van der Waals surface area contributed by atoms with Crippen LogP contribution in [0.2, 0.25) is 0 Å². The van der Waals surface area contributed by atoms with Crippen LogP contribution in [-0.2, 0) is 11.2 Å². The molecule has 4 nitrogen and oxygen atoms in total. The summed E-state index contributed by atoms with van der Waals surface area (Å²) in [6.07, 6.45) is 6.48. The summed E-state index contributed by atoms with van der Waals surface area (Å²) in [5.41, 5.74) is 1.22. The van der Waals surface area contributed by atoms with Crippen LogP contribution in [0, 0.1) is 5.92 Å². The number of amides is 1. The number of ether oxygens (including phenoxy) is 1. The van der Waals surface area contributed by atoms with E-state index < -0.39 is 0 Å². The molecule has 2 bridgehead atoms. The van der Waals surface area contributed by atoms with E-state index in [1.54, 1.807) is 7.11 Å². The first kappa shape index (κ1) is 15.3. The highest BCUT2D eigenvalue weighted by Gasteiger charge is 2.33. The lowest BCUT2D eigenvalue weighted by Gasteiger charge is -2.28. The number of hydrogen-bond donors (Lipinski definition) is 2. The number of nitrogens with one attached hydrogen (secondary N) is 2. The predicted octanol–water partition coefficient (Wildman–Crippen LogP) is 2.27. The van der Waals surface area contributed by atoms with Crippen molar-refractivity contribution in [2.75, 3.05) is 13.7 Å². The second kappa shape index (κ2) is 7.14. The quantitative estimate of drug-likeness (QED) is 0.847. The molecule has 2 heterocycles. The zero-order valence-corrected chi connectivity index (χ0v) is 13.3. The summed E-state index contributed by atoms with van der Waals surface area (Å²) in [4.78, 5) is 12.1. The van der Waals surface area contributed by atoms with Gasteiger partial charge in [0, 0.05) is 25.0 Å². The summed E-state index contributed by atoms with van der Waals surface area (Å²) in [5, 5.41) is 6.69. The van der Waals surface area contributed by atoms with Crippen LogP contribution in [0.1, 0.15) is 37.7 Å². The van der Waals surface area contributed by atoms with E-state index in [-0.39, 0.29) is 5.91 Å². The predicted molar refractivity (Wildman–Crippen MR) is 87.0 cm³/mol. The molecule has 2 atom stereocenters. The van der Waals surface area contributed by atoms with E-state index in [1.807, 2.05) is 12.1 Å². The van der Waals surface area contributed by atoms with Crippen molar-refractivity contribution in [3.8, 4) is 5.75 Å². The average Bonchev–Trinajstić information content (AvgIpc) is 2.87. The van der Waals surface area contributed by atoms with Crippen LogP contribution >= 0.6 is 0 Å². The van der Waals surface area contributed by atoms with Gasteiger partial charge in [0.1, 0.15) is 5.75 Å². The Labute approximate surface area is 132 Å². The summed E-state index contributed by atoms with van der Waals surface area (Å²) in [6.45, 7) is 0.711. The van der Waals surface area contributed by atoms with Gasteiger partial charge in [0.15, 0.2) is 0 Å². The van der Waals surface area contributed by atoms with Crippen LogP contribution in [0.5, 0.6) is 5.75 Å². The number of benzene rings is 1. The molecule has 22 heavy (non-hydrogen) atoms. The standard InChI is InChI=1S/C18H26N2O2/c1-22-17-6-2-13(3-7-17)8-9-19-18(21)12-14-10-15-4-5-16(11-14)20-15/h2-3,6-7,14-16,20H,4-5,8-12H2,1H3,(H,19,21). The summed E-state index contributed by atoms with van der Waals surface area (Å²) in [7, 11) is 1.67. The molecule has 0 radical (unpaired) electrons. The van der Waals surface area contributed by atoms with E-state index in [4.69, 9.17) is 4.74 Å². The van der Waals surface area contributed by atoms with E-state index in [0.717, 1.165) is 12.2 Å². The average molecular weight is 302 g/mol. The van der Waals surface area contributed by atoms with Gasteiger partial charge in [-0.3, -0.25) is 4.79 Å². The van der Waals surface area contributed by atoms with Crippen molar-refractivity contribution >= 4 is 5.91 Å². The number of carbonyl (C=O) groups excluding carboxylic acids is 1. The second-order valence-corrected chi connectivity index (χ2v) is 6.63. The van der Waals surface area contributed by atoms with Gasteiger partial charge < -0.3 is 15.4 Å². The lowest BCUT2D eigenvalue weighted by Crippen LogP contribution is -2.39. The topological polar surface area (TPSA) is 50.4 Å². The minimum atomic E-state index is 0.208. The summed E-state index contributed by atoms with van der Waals surface area (Å²) < 4.78 is 5.14. The van der Waals surface area contributed by atoms with Crippen LogP contribution in [0.3, 0.4) is 0 Å². The smallest absolute Gasteiger partial charge is 0.220 e. The third-order valence-corrected chi connectivity index (χ3v) is 4.94. The first-order valence-corrected chi connectivity index (χ1v) is 8.38. The molecule has 2 saturated heterocycles. The maximum Gasteiger partial charge on any atom is 0.220 e. The van der Waals surface area contributed by atoms with Crippen LogP contribution in [0.15, 0.2) is 24.3 Å². The van der Waals surface area contributed by atoms with Gasteiger partial charge in [0.25, 0.3) is 0 Å². The summed E-state index contributed by atoms with van der Waals surface area (Å²) in [6, 6.07) is 9.35. The zero-order chi connectivity index (χ0) is 15.4. The monoisotopic (exact) mass is 302 g/mol. The van der Waals surface area contributed by atoms with Crippen molar-refractivity contribution in [2.45, 2.75) is 50.6 Å². The molecular weight excluding hydrogens is 276 g/mol. The maximum atomic E-state index is 12.1. The number of rotatable bonds is 6. The minimum absolute atomic E-state index is 0.208. The molecule has 2 fully saturated rings. The van der Waals surface area contributed by atoms with Gasteiger partial charge in [-0.05, 0) is 55.7 Å². The van der Waals surface area contributed by atoms with E-state index in [9.17, 15) is 4.79 Å². The Morgan fingerprint density at radius 1 is 1.23 bits per heavy atom. The Hall–Kier alpha value is -1.55. The van der Waals surface area contributed by atoms with Crippen molar-refractivity contribution in [3.63, 3.8) is 0 Å². The van der Waals surface area contributed by atoms with Crippen molar-refractivity contribution in [2.24, 2.45) is 5.92 Å². The van der Waals surface area contributed by atoms with Gasteiger partial charge in [-0.25, -0.2) is 0 Å². The van der Waals surface area contributed by atoms with E-state index in [2.05, 4.69) is 22.8 Å². The van der Waals surface area contributed by atoms with E-state index in [0.29, 0.717) is 31.0 Å². The molecule has 1 aromatic carbocycles. The molecule has 0 saturated carbocycles. The first-order valence-electron chi connectivity index (χ1n) is 8.38. The van der Waals surface area contributed by atoms with Gasteiger partial charge in [0.2, 0.25) is 5.91 Å². The van der Waals surface area contributed by atoms with Crippen molar-refractivity contribution in [3.05, 3.63) is 29.8 Å². The van der Waals surface area contributed by atoms with Gasteiger partial charge in [0.05, 0.1) is 7.11 Å². The SMILES string of the molecule is COc1ccc(CCNC(=O)CC2CC3CCC(C2)N3)cc1. The second-order valence-electron chi connectivity index (χ2n) is 6.63. The number of hydrogen-bond acceptors (Lipinski definition) is 3. The van der Waals surface area contributed by atoms with Crippen molar-refractivity contribution < 1.29 is 9.53 Å². The fourth-order valence-corrected chi connectivity index (χ4v) is 3.81. The highest BCUT2D eigenvalue weighted by molar-refractivity contribution is 5.76. The number of fused-ring (bicyclic) bond motifs is 2. The molecule has 2 N–H and O–H groups in total. The molecule has 120 valence electrons. The summed E-state index contributed by atoms with van der Waals surface area (Å²) in [5.74, 6) is 1.65. The molecule has 0 spiro atoms. The molecule has 3 rings (SSSR count). The van der Waals surface area contributed by atoms with Crippen LogP contribution < -0.4 is 15.4 Å². The molecule has 1 amide bonds. The third kappa shape index (κ3) is 4.01. The maximum absolute atomic E-state index is 12.1. The molecule has 2 aliphatic rings. The largest absolute Gasteiger partial charge is 0.497 e. The normalized spacial score (nSPS) is 26.7.